The zero-order valence-electron chi connectivity index (χ0n) is 9.29. The highest BCUT2D eigenvalue weighted by atomic mass is 32.2. The SMILES string of the molecule is O=S1(=O)CCC(CNCCOCC(F)(F)F)C1. The molecule has 1 aliphatic rings. The van der Waals surface area contributed by atoms with Crippen molar-refractivity contribution in [1.29, 1.82) is 0 Å². The molecule has 0 aliphatic carbocycles. The topological polar surface area (TPSA) is 55.4 Å². The van der Waals surface area contributed by atoms with Crippen molar-refractivity contribution in [3.8, 4) is 0 Å². The van der Waals surface area contributed by atoms with Gasteiger partial charge in [-0.15, -0.1) is 0 Å². The van der Waals surface area contributed by atoms with Crippen LogP contribution in [-0.2, 0) is 14.6 Å². The van der Waals surface area contributed by atoms with Crippen molar-refractivity contribution in [3.63, 3.8) is 0 Å². The van der Waals surface area contributed by atoms with Crippen LogP contribution in [0.15, 0.2) is 0 Å². The number of ether oxygens (including phenoxy) is 1. The van der Waals surface area contributed by atoms with E-state index in [-0.39, 0.29) is 24.0 Å². The van der Waals surface area contributed by atoms with Crippen molar-refractivity contribution >= 4 is 9.84 Å². The van der Waals surface area contributed by atoms with Crippen LogP contribution in [0, 0.1) is 5.92 Å². The molecule has 4 nitrogen and oxygen atoms in total. The van der Waals surface area contributed by atoms with E-state index in [0.717, 1.165) is 0 Å². The number of halogens is 3. The summed E-state index contributed by atoms with van der Waals surface area (Å²) in [5.74, 6) is 0.454. The Balaban J connectivity index is 1.99. The van der Waals surface area contributed by atoms with Crippen LogP contribution < -0.4 is 5.32 Å². The normalized spacial score (nSPS) is 24.1. The second kappa shape index (κ2) is 6.01. The Labute approximate surface area is 98.4 Å². The summed E-state index contributed by atoms with van der Waals surface area (Å²) in [6.07, 6.45) is -3.67. The molecular formula is C9H16F3NO3S. The van der Waals surface area contributed by atoms with Crippen molar-refractivity contribution in [2.24, 2.45) is 5.92 Å². The summed E-state index contributed by atoms with van der Waals surface area (Å²) in [6.45, 7) is -0.466. The first kappa shape index (κ1) is 14.7. The lowest BCUT2D eigenvalue weighted by molar-refractivity contribution is -0.173. The van der Waals surface area contributed by atoms with E-state index < -0.39 is 22.6 Å². The molecule has 0 radical (unpaired) electrons. The van der Waals surface area contributed by atoms with Crippen LogP contribution in [0.25, 0.3) is 0 Å². The number of sulfone groups is 1. The lowest BCUT2D eigenvalue weighted by atomic mass is 10.1. The average Bonchev–Trinajstić information content (AvgIpc) is 2.50. The average molecular weight is 275 g/mol. The minimum absolute atomic E-state index is 0.0288. The quantitative estimate of drug-likeness (QED) is 0.721. The Hall–Kier alpha value is -0.340. The fraction of sp³-hybridized carbons (Fsp3) is 1.00. The molecule has 1 rings (SSSR count). The summed E-state index contributed by atoms with van der Waals surface area (Å²) in [5, 5.41) is 2.89. The molecule has 1 fully saturated rings. The fourth-order valence-electron chi connectivity index (χ4n) is 1.67. The van der Waals surface area contributed by atoms with E-state index in [0.29, 0.717) is 19.5 Å². The third-order valence-electron chi connectivity index (χ3n) is 2.45. The van der Waals surface area contributed by atoms with Gasteiger partial charge in [-0.1, -0.05) is 0 Å². The highest BCUT2D eigenvalue weighted by Crippen LogP contribution is 2.17. The van der Waals surface area contributed by atoms with Crippen LogP contribution in [0.2, 0.25) is 0 Å². The molecule has 102 valence electrons. The van der Waals surface area contributed by atoms with E-state index in [9.17, 15) is 21.6 Å². The van der Waals surface area contributed by atoms with Gasteiger partial charge in [-0.3, -0.25) is 0 Å². The second-order valence-corrected chi connectivity index (χ2v) is 6.37. The van der Waals surface area contributed by atoms with Gasteiger partial charge in [0.1, 0.15) is 6.61 Å². The largest absolute Gasteiger partial charge is 0.411 e. The van der Waals surface area contributed by atoms with Crippen molar-refractivity contribution in [1.82, 2.24) is 5.32 Å². The highest BCUT2D eigenvalue weighted by Gasteiger charge is 2.28. The Bertz CT molecular complexity index is 329. The smallest absolute Gasteiger partial charge is 0.371 e. The summed E-state index contributed by atoms with van der Waals surface area (Å²) in [6, 6.07) is 0. The minimum atomic E-state index is -4.29. The van der Waals surface area contributed by atoms with E-state index >= 15 is 0 Å². The maximum Gasteiger partial charge on any atom is 0.411 e. The zero-order chi connectivity index (χ0) is 12.9. The summed E-state index contributed by atoms with van der Waals surface area (Å²) >= 11 is 0. The van der Waals surface area contributed by atoms with Crippen LogP contribution in [0.3, 0.4) is 0 Å². The van der Waals surface area contributed by atoms with Gasteiger partial charge in [-0.05, 0) is 18.9 Å². The van der Waals surface area contributed by atoms with Gasteiger partial charge in [0.05, 0.1) is 18.1 Å². The lowest BCUT2D eigenvalue weighted by Gasteiger charge is -2.10. The van der Waals surface area contributed by atoms with Crippen LogP contribution in [0.5, 0.6) is 0 Å². The lowest BCUT2D eigenvalue weighted by Crippen LogP contribution is -2.28. The first-order valence-electron chi connectivity index (χ1n) is 5.34. The monoisotopic (exact) mass is 275 g/mol. The van der Waals surface area contributed by atoms with Gasteiger partial charge in [0, 0.05) is 6.54 Å². The molecule has 0 aromatic carbocycles. The molecule has 8 heteroatoms. The minimum Gasteiger partial charge on any atom is -0.371 e. The number of hydrogen-bond donors (Lipinski definition) is 1. The van der Waals surface area contributed by atoms with Gasteiger partial charge in [-0.2, -0.15) is 13.2 Å². The van der Waals surface area contributed by atoms with Gasteiger partial charge < -0.3 is 10.1 Å². The number of nitrogens with one attached hydrogen (secondary N) is 1. The number of hydrogen-bond acceptors (Lipinski definition) is 4. The summed E-state index contributed by atoms with van der Waals surface area (Å²) in [7, 11) is -2.88. The van der Waals surface area contributed by atoms with Crippen molar-refractivity contribution in [3.05, 3.63) is 0 Å². The molecule has 17 heavy (non-hydrogen) atoms. The molecule has 1 N–H and O–H groups in total. The van der Waals surface area contributed by atoms with Gasteiger partial charge >= 0.3 is 6.18 Å². The fourth-order valence-corrected chi connectivity index (χ4v) is 3.53. The van der Waals surface area contributed by atoms with Crippen molar-refractivity contribution in [2.45, 2.75) is 12.6 Å². The standard InChI is InChI=1S/C9H16F3NO3S/c10-9(11,12)7-16-3-2-13-5-8-1-4-17(14,15)6-8/h8,13H,1-7H2. The molecule has 1 saturated heterocycles. The van der Waals surface area contributed by atoms with Gasteiger partial charge in [-0.25, -0.2) is 8.42 Å². The number of alkyl halides is 3. The van der Waals surface area contributed by atoms with Crippen LogP contribution in [-0.4, -0.2) is 52.4 Å². The first-order valence-corrected chi connectivity index (χ1v) is 7.16. The maximum absolute atomic E-state index is 11.7. The van der Waals surface area contributed by atoms with E-state index in [1.54, 1.807) is 0 Å². The third kappa shape index (κ3) is 6.85. The molecule has 0 amide bonds. The third-order valence-corrected chi connectivity index (χ3v) is 4.29. The van der Waals surface area contributed by atoms with Crippen LogP contribution >= 0.6 is 0 Å². The molecule has 1 heterocycles. The van der Waals surface area contributed by atoms with E-state index in [1.165, 1.54) is 0 Å². The van der Waals surface area contributed by atoms with Crippen molar-refractivity contribution < 1.29 is 26.3 Å². The van der Waals surface area contributed by atoms with E-state index in [4.69, 9.17) is 0 Å². The molecular weight excluding hydrogens is 259 g/mol. The molecule has 0 spiro atoms. The molecule has 1 atom stereocenters. The Morgan fingerprint density at radius 3 is 2.59 bits per heavy atom. The van der Waals surface area contributed by atoms with Gasteiger partial charge in [0.25, 0.3) is 0 Å². The van der Waals surface area contributed by atoms with Crippen molar-refractivity contribution in [2.75, 3.05) is 37.8 Å². The first-order chi connectivity index (χ1) is 7.79. The summed E-state index contributed by atoms with van der Waals surface area (Å²) < 4.78 is 61.7. The Morgan fingerprint density at radius 1 is 1.35 bits per heavy atom. The number of rotatable bonds is 6. The highest BCUT2D eigenvalue weighted by molar-refractivity contribution is 7.91. The zero-order valence-corrected chi connectivity index (χ0v) is 10.1. The van der Waals surface area contributed by atoms with Crippen LogP contribution in [0.1, 0.15) is 6.42 Å². The maximum atomic E-state index is 11.7. The predicted molar refractivity (Wildman–Crippen MR) is 56.5 cm³/mol. The van der Waals surface area contributed by atoms with E-state index in [2.05, 4.69) is 10.1 Å². The molecule has 1 unspecified atom stereocenters. The predicted octanol–water partition coefficient (Wildman–Crippen LogP) is 0.590. The second-order valence-electron chi connectivity index (χ2n) is 4.14. The Morgan fingerprint density at radius 2 is 2.06 bits per heavy atom. The van der Waals surface area contributed by atoms with Gasteiger partial charge in [0.15, 0.2) is 9.84 Å². The molecule has 0 aromatic heterocycles. The molecule has 0 bridgehead atoms. The van der Waals surface area contributed by atoms with Gasteiger partial charge in [0.2, 0.25) is 0 Å². The summed E-state index contributed by atoms with van der Waals surface area (Å²) in [5.41, 5.74) is 0. The Kier molecular flexibility index (Phi) is 5.21. The van der Waals surface area contributed by atoms with Crippen LogP contribution in [0.4, 0.5) is 13.2 Å². The molecule has 1 aliphatic heterocycles. The van der Waals surface area contributed by atoms with E-state index in [1.807, 2.05) is 0 Å². The summed E-state index contributed by atoms with van der Waals surface area (Å²) in [4.78, 5) is 0. The molecule has 0 aromatic rings. The molecule has 0 saturated carbocycles.